The Kier molecular flexibility index (Phi) is 4.61. The quantitative estimate of drug-likeness (QED) is 0.860. The molecule has 1 saturated heterocycles. The van der Waals surface area contributed by atoms with E-state index in [-0.39, 0.29) is 5.91 Å². The van der Waals surface area contributed by atoms with E-state index in [9.17, 15) is 9.90 Å². The zero-order valence-electron chi connectivity index (χ0n) is 12.3. The van der Waals surface area contributed by atoms with Crippen molar-refractivity contribution in [1.82, 2.24) is 4.90 Å². The minimum Gasteiger partial charge on any atom is -0.388 e. The number of likely N-dealkylation sites (tertiary alicyclic amines) is 1. The van der Waals surface area contributed by atoms with Gasteiger partial charge >= 0.3 is 0 Å². The van der Waals surface area contributed by atoms with Crippen molar-refractivity contribution in [1.29, 1.82) is 0 Å². The van der Waals surface area contributed by atoms with Crippen molar-refractivity contribution in [2.24, 2.45) is 0 Å². The lowest BCUT2D eigenvalue weighted by Crippen LogP contribution is -2.48. The Morgan fingerprint density at radius 1 is 1.40 bits per heavy atom. The molecule has 1 aliphatic heterocycles. The van der Waals surface area contributed by atoms with Crippen molar-refractivity contribution in [3.63, 3.8) is 0 Å². The van der Waals surface area contributed by atoms with E-state index in [1.807, 2.05) is 18.2 Å². The molecular formula is C17H23NO2. The number of hydrogen-bond donors (Lipinski definition) is 1. The number of benzene rings is 1. The molecule has 3 nitrogen and oxygen atoms in total. The molecule has 20 heavy (non-hydrogen) atoms. The van der Waals surface area contributed by atoms with Gasteiger partial charge in [-0.05, 0) is 43.4 Å². The Hall–Kier alpha value is -1.61. The first kappa shape index (κ1) is 14.8. The summed E-state index contributed by atoms with van der Waals surface area (Å²) < 4.78 is 0. The first-order valence-electron chi connectivity index (χ1n) is 7.28. The third-order valence-corrected chi connectivity index (χ3v) is 3.79. The molecule has 0 saturated carbocycles. The maximum Gasteiger partial charge on any atom is 0.246 e. The smallest absolute Gasteiger partial charge is 0.246 e. The van der Waals surface area contributed by atoms with Crippen LogP contribution in [0.4, 0.5) is 0 Å². The highest BCUT2D eigenvalue weighted by molar-refractivity contribution is 5.91. The largest absolute Gasteiger partial charge is 0.388 e. The minimum atomic E-state index is -0.746. The molecule has 0 radical (unpaired) electrons. The van der Waals surface area contributed by atoms with Crippen LogP contribution in [0.2, 0.25) is 0 Å². The second-order valence-corrected chi connectivity index (χ2v) is 5.79. The van der Waals surface area contributed by atoms with Crippen molar-refractivity contribution in [3.05, 3.63) is 41.5 Å². The van der Waals surface area contributed by atoms with Crippen molar-refractivity contribution >= 4 is 12.0 Å². The van der Waals surface area contributed by atoms with E-state index in [0.29, 0.717) is 6.54 Å². The normalized spacial score (nSPS) is 23.2. The number of nitrogens with zero attached hydrogens (tertiary/aromatic N) is 1. The van der Waals surface area contributed by atoms with Gasteiger partial charge in [0.25, 0.3) is 0 Å². The summed E-state index contributed by atoms with van der Waals surface area (Å²) in [6.07, 6.45) is 6.08. The monoisotopic (exact) mass is 273 g/mol. The Bertz CT molecular complexity index is 488. The number of amides is 1. The van der Waals surface area contributed by atoms with E-state index >= 15 is 0 Å². The molecule has 0 aliphatic carbocycles. The van der Waals surface area contributed by atoms with E-state index < -0.39 is 5.60 Å². The van der Waals surface area contributed by atoms with Crippen molar-refractivity contribution in [2.45, 2.75) is 38.7 Å². The van der Waals surface area contributed by atoms with Gasteiger partial charge in [0.2, 0.25) is 5.91 Å². The van der Waals surface area contributed by atoms with E-state index in [1.165, 1.54) is 5.56 Å². The molecule has 1 fully saturated rings. The van der Waals surface area contributed by atoms with Gasteiger partial charge in [0.05, 0.1) is 5.60 Å². The number of carbonyl (C=O) groups is 1. The van der Waals surface area contributed by atoms with Gasteiger partial charge in [0, 0.05) is 19.2 Å². The highest BCUT2D eigenvalue weighted by Crippen LogP contribution is 2.20. The first-order valence-corrected chi connectivity index (χ1v) is 7.28. The zero-order valence-corrected chi connectivity index (χ0v) is 12.3. The summed E-state index contributed by atoms with van der Waals surface area (Å²) in [6.45, 7) is 5.06. The molecule has 0 bridgehead atoms. The standard InChI is InChI=1S/C17H23NO2/c1-3-14-5-7-15(8-6-14)9-10-16(19)18-12-4-11-17(2,20)13-18/h5-10,20H,3-4,11-13H2,1-2H3/b10-9+. The number of carbonyl (C=O) groups excluding carboxylic acids is 1. The Labute approximate surface area is 120 Å². The second kappa shape index (κ2) is 6.23. The van der Waals surface area contributed by atoms with Gasteiger partial charge in [-0.2, -0.15) is 0 Å². The average molecular weight is 273 g/mol. The minimum absolute atomic E-state index is 0.0236. The molecule has 1 heterocycles. The van der Waals surface area contributed by atoms with Crippen LogP contribution in [-0.4, -0.2) is 34.6 Å². The van der Waals surface area contributed by atoms with Gasteiger partial charge in [-0.3, -0.25) is 4.79 Å². The molecule has 1 aromatic carbocycles. The molecule has 108 valence electrons. The van der Waals surface area contributed by atoms with Crippen LogP contribution in [0.1, 0.15) is 37.8 Å². The number of aryl methyl sites for hydroxylation is 1. The number of hydrogen-bond acceptors (Lipinski definition) is 2. The molecule has 1 unspecified atom stereocenters. The lowest BCUT2D eigenvalue weighted by Gasteiger charge is -2.36. The van der Waals surface area contributed by atoms with Crippen LogP contribution in [0.5, 0.6) is 0 Å². The maximum absolute atomic E-state index is 12.1. The molecule has 0 aromatic heterocycles. The number of piperidine rings is 1. The number of rotatable bonds is 3. The molecular weight excluding hydrogens is 250 g/mol. The van der Waals surface area contributed by atoms with Crippen LogP contribution in [0.25, 0.3) is 6.08 Å². The van der Waals surface area contributed by atoms with Crippen molar-refractivity contribution in [3.8, 4) is 0 Å². The predicted molar refractivity (Wildman–Crippen MR) is 81.3 cm³/mol. The van der Waals surface area contributed by atoms with E-state index in [0.717, 1.165) is 31.4 Å². The first-order chi connectivity index (χ1) is 9.50. The highest BCUT2D eigenvalue weighted by Gasteiger charge is 2.29. The fourth-order valence-corrected chi connectivity index (χ4v) is 2.55. The SMILES string of the molecule is CCc1ccc(/C=C/C(=O)N2CCCC(C)(O)C2)cc1. The molecule has 1 N–H and O–H groups in total. The number of aliphatic hydroxyl groups is 1. The van der Waals surface area contributed by atoms with Crippen LogP contribution in [-0.2, 0) is 11.2 Å². The van der Waals surface area contributed by atoms with Gasteiger partial charge in [0.15, 0.2) is 0 Å². The van der Waals surface area contributed by atoms with Crippen molar-refractivity contribution in [2.75, 3.05) is 13.1 Å². The van der Waals surface area contributed by atoms with Crippen LogP contribution in [0.15, 0.2) is 30.3 Å². The van der Waals surface area contributed by atoms with Gasteiger partial charge in [-0.25, -0.2) is 0 Å². The molecule has 2 rings (SSSR count). The van der Waals surface area contributed by atoms with E-state index in [1.54, 1.807) is 17.9 Å². The van der Waals surface area contributed by atoms with Crippen molar-refractivity contribution < 1.29 is 9.90 Å². The lowest BCUT2D eigenvalue weighted by molar-refractivity contribution is -0.132. The summed E-state index contributed by atoms with van der Waals surface area (Å²) in [6, 6.07) is 8.20. The molecule has 3 heteroatoms. The molecule has 1 atom stereocenters. The van der Waals surface area contributed by atoms with Gasteiger partial charge in [-0.1, -0.05) is 31.2 Å². The average Bonchev–Trinajstić information content (AvgIpc) is 2.44. The molecule has 0 spiro atoms. The summed E-state index contributed by atoms with van der Waals surface area (Å²) >= 11 is 0. The van der Waals surface area contributed by atoms with Crippen LogP contribution in [0.3, 0.4) is 0 Å². The van der Waals surface area contributed by atoms with E-state index in [4.69, 9.17) is 0 Å². The molecule has 1 aromatic rings. The lowest BCUT2D eigenvalue weighted by atomic mass is 9.95. The topological polar surface area (TPSA) is 40.5 Å². The fourth-order valence-electron chi connectivity index (χ4n) is 2.55. The number of β-amino-alcohol motifs (C(OH)–C–C–N with tert-alkyl or cyclic N) is 1. The van der Waals surface area contributed by atoms with Crippen LogP contribution >= 0.6 is 0 Å². The summed E-state index contributed by atoms with van der Waals surface area (Å²) in [7, 11) is 0. The Morgan fingerprint density at radius 2 is 2.10 bits per heavy atom. The summed E-state index contributed by atoms with van der Waals surface area (Å²) in [5, 5.41) is 10.0. The summed E-state index contributed by atoms with van der Waals surface area (Å²) in [5.74, 6) is -0.0236. The van der Waals surface area contributed by atoms with Gasteiger partial charge < -0.3 is 10.0 Å². The summed E-state index contributed by atoms with van der Waals surface area (Å²) in [4.78, 5) is 13.8. The maximum atomic E-state index is 12.1. The van der Waals surface area contributed by atoms with Crippen LogP contribution in [0, 0.1) is 0 Å². The highest BCUT2D eigenvalue weighted by atomic mass is 16.3. The van der Waals surface area contributed by atoms with Crippen LogP contribution < -0.4 is 0 Å². The molecule has 1 amide bonds. The third kappa shape index (κ3) is 3.94. The molecule has 1 aliphatic rings. The Balaban J connectivity index is 1.97. The summed E-state index contributed by atoms with van der Waals surface area (Å²) in [5.41, 5.74) is 1.57. The zero-order chi connectivity index (χ0) is 14.6. The van der Waals surface area contributed by atoms with Gasteiger partial charge in [0.1, 0.15) is 0 Å². The second-order valence-electron chi connectivity index (χ2n) is 5.79. The fraction of sp³-hybridized carbons (Fsp3) is 0.471. The van der Waals surface area contributed by atoms with E-state index in [2.05, 4.69) is 19.1 Å². The third-order valence-electron chi connectivity index (χ3n) is 3.79. The Morgan fingerprint density at radius 3 is 2.70 bits per heavy atom. The van der Waals surface area contributed by atoms with Gasteiger partial charge in [-0.15, -0.1) is 0 Å². The predicted octanol–water partition coefficient (Wildman–Crippen LogP) is 2.64.